The Bertz CT molecular complexity index is 303. The maximum Gasteiger partial charge on any atom is 0.222 e. The maximum atomic E-state index is 12.1. The van der Waals surface area contributed by atoms with Crippen molar-refractivity contribution in [3.05, 3.63) is 0 Å². The van der Waals surface area contributed by atoms with Crippen LogP contribution in [-0.4, -0.2) is 53.8 Å². The van der Waals surface area contributed by atoms with E-state index in [4.69, 9.17) is 5.73 Å². The standard InChI is InChI=1S/C14H27N3O2/c1-3-16(4-2)13(18)8-5-9-14(19)17-10-6-7-12(17)11-15/h12H,3-11,15H2,1-2H3. The molecule has 1 atom stereocenters. The molecule has 0 aromatic carbocycles. The molecule has 1 unspecified atom stereocenters. The molecule has 110 valence electrons. The van der Waals surface area contributed by atoms with Crippen molar-refractivity contribution in [3.63, 3.8) is 0 Å². The molecular formula is C14H27N3O2. The molecule has 0 aliphatic carbocycles. The van der Waals surface area contributed by atoms with Crippen molar-refractivity contribution in [2.45, 2.75) is 52.0 Å². The largest absolute Gasteiger partial charge is 0.343 e. The lowest BCUT2D eigenvalue weighted by atomic mass is 10.2. The van der Waals surface area contributed by atoms with Crippen LogP contribution in [0, 0.1) is 0 Å². The molecule has 0 aromatic heterocycles. The minimum absolute atomic E-state index is 0.148. The zero-order valence-electron chi connectivity index (χ0n) is 12.2. The molecule has 2 N–H and O–H groups in total. The zero-order chi connectivity index (χ0) is 14.3. The van der Waals surface area contributed by atoms with Crippen LogP contribution in [0.3, 0.4) is 0 Å². The van der Waals surface area contributed by atoms with E-state index in [1.165, 1.54) is 0 Å². The second kappa shape index (κ2) is 8.15. The number of nitrogens with zero attached hydrogens (tertiary/aromatic N) is 2. The Morgan fingerprint density at radius 2 is 1.95 bits per heavy atom. The van der Waals surface area contributed by atoms with Crippen LogP contribution >= 0.6 is 0 Å². The Morgan fingerprint density at radius 1 is 1.26 bits per heavy atom. The summed E-state index contributed by atoms with van der Waals surface area (Å²) < 4.78 is 0. The third-order valence-corrected chi connectivity index (χ3v) is 3.87. The highest BCUT2D eigenvalue weighted by atomic mass is 16.2. The van der Waals surface area contributed by atoms with E-state index in [0.717, 1.165) is 32.5 Å². The molecule has 5 heteroatoms. The van der Waals surface area contributed by atoms with Gasteiger partial charge >= 0.3 is 0 Å². The van der Waals surface area contributed by atoms with E-state index in [1.54, 1.807) is 0 Å². The average Bonchev–Trinajstić information content (AvgIpc) is 2.88. The summed E-state index contributed by atoms with van der Waals surface area (Å²) in [4.78, 5) is 27.6. The summed E-state index contributed by atoms with van der Waals surface area (Å²) in [5.74, 6) is 0.301. The molecule has 5 nitrogen and oxygen atoms in total. The monoisotopic (exact) mass is 269 g/mol. The predicted octanol–water partition coefficient (Wildman–Crippen LogP) is 0.975. The fourth-order valence-electron chi connectivity index (χ4n) is 2.68. The summed E-state index contributed by atoms with van der Waals surface area (Å²) in [7, 11) is 0. The summed E-state index contributed by atoms with van der Waals surface area (Å²) in [6, 6.07) is 0.214. The van der Waals surface area contributed by atoms with Gasteiger partial charge in [0.05, 0.1) is 0 Å². The first-order chi connectivity index (χ1) is 9.13. The number of hydrogen-bond donors (Lipinski definition) is 1. The van der Waals surface area contributed by atoms with Gasteiger partial charge < -0.3 is 15.5 Å². The Kier molecular flexibility index (Phi) is 6.84. The molecule has 0 spiro atoms. The Morgan fingerprint density at radius 3 is 2.53 bits per heavy atom. The van der Waals surface area contributed by atoms with Gasteiger partial charge in [0.15, 0.2) is 0 Å². The summed E-state index contributed by atoms with van der Waals surface area (Å²) in [6.45, 7) is 6.80. The van der Waals surface area contributed by atoms with E-state index >= 15 is 0 Å². The van der Waals surface area contributed by atoms with Gasteiger partial charge in [-0.25, -0.2) is 0 Å². The molecule has 0 radical (unpaired) electrons. The molecule has 1 aliphatic rings. The highest BCUT2D eigenvalue weighted by molar-refractivity contribution is 5.79. The summed E-state index contributed by atoms with van der Waals surface area (Å²) in [6.07, 6.45) is 3.63. The van der Waals surface area contributed by atoms with Crippen LogP contribution in [0.2, 0.25) is 0 Å². The molecule has 1 fully saturated rings. The second-order valence-corrected chi connectivity index (χ2v) is 5.04. The van der Waals surface area contributed by atoms with Crippen LogP contribution in [0.5, 0.6) is 0 Å². The number of nitrogens with two attached hydrogens (primary N) is 1. The Hall–Kier alpha value is -1.10. The number of carbonyl (C=O) groups is 2. The van der Waals surface area contributed by atoms with E-state index in [0.29, 0.717) is 25.8 Å². The molecule has 2 amide bonds. The molecule has 1 aliphatic heterocycles. The van der Waals surface area contributed by atoms with E-state index in [9.17, 15) is 9.59 Å². The highest BCUT2D eigenvalue weighted by Crippen LogP contribution is 2.18. The third kappa shape index (κ3) is 4.49. The lowest BCUT2D eigenvalue weighted by molar-refractivity contribution is -0.133. The van der Waals surface area contributed by atoms with Gasteiger partial charge in [0, 0.05) is 45.1 Å². The minimum Gasteiger partial charge on any atom is -0.343 e. The zero-order valence-corrected chi connectivity index (χ0v) is 12.2. The lowest BCUT2D eigenvalue weighted by Gasteiger charge is -2.23. The Balaban J connectivity index is 2.29. The number of likely N-dealkylation sites (tertiary alicyclic amines) is 1. The van der Waals surface area contributed by atoms with E-state index in [1.807, 2.05) is 23.6 Å². The van der Waals surface area contributed by atoms with Gasteiger partial charge in [-0.3, -0.25) is 9.59 Å². The van der Waals surface area contributed by atoms with E-state index < -0.39 is 0 Å². The fraction of sp³-hybridized carbons (Fsp3) is 0.857. The number of hydrogen-bond acceptors (Lipinski definition) is 3. The van der Waals surface area contributed by atoms with Crippen molar-refractivity contribution in [2.24, 2.45) is 5.73 Å². The first kappa shape index (κ1) is 16.0. The fourth-order valence-corrected chi connectivity index (χ4v) is 2.68. The smallest absolute Gasteiger partial charge is 0.222 e. The number of amides is 2. The quantitative estimate of drug-likeness (QED) is 0.749. The van der Waals surface area contributed by atoms with Crippen molar-refractivity contribution in [1.29, 1.82) is 0 Å². The normalized spacial score (nSPS) is 18.7. The van der Waals surface area contributed by atoms with Crippen LogP contribution in [-0.2, 0) is 9.59 Å². The van der Waals surface area contributed by atoms with Crippen molar-refractivity contribution < 1.29 is 9.59 Å². The topological polar surface area (TPSA) is 66.6 Å². The highest BCUT2D eigenvalue weighted by Gasteiger charge is 2.27. The SMILES string of the molecule is CCN(CC)C(=O)CCCC(=O)N1CCCC1CN. The van der Waals surface area contributed by atoms with E-state index in [-0.39, 0.29) is 17.9 Å². The first-order valence-electron chi connectivity index (χ1n) is 7.41. The average molecular weight is 269 g/mol. The van der Waals surface area contributed by atoms with Crippen LogP contribution < -0.4 is 5.73 Å². The molecule has 1 heterocycles. The number of rotatable bonds is 7. The van der Waals surface area contributed by atoms with Gasteiger partial charge in [-0.2, -0.15) is 0 Å². The Labute approximate surface area is 116 Å². The molecule has 19 heavy (non-hydrogen) atoms. The van der Waals surface area contributed by atoms with Crippen LogP contribution in [0.4, 0.5) is 0 Å². The molecule has 1 saturated heterocycles. The van der Waals surface area contributed by atoms with Gasteiger partial charge in [-0.05, 0) is 33.1 Å². The van der Waals surface area contributed by atoms with Crippen LogP contribution in [0.15, 0.2) is 0 Å². The molecule has 0 aromatic rings. The molecule has 0 bridgehead atoms. The van der Waals surface area contributed by atoms with Crippen LogP contribution in [0.25, 0.3) is 0 Å². The van der Waals surface area contributed by atoms with Gasteiger partial charge in [0.2, 0.25) is 11.8 Å². The summed E-state index contributed by atoms with van der Waals surface area (Å²) in [5, 5.41) is 0. The number of carbonyl (C=O) groups excluding carboxylic acids is 2. The third-order valence-electron chi connectivity index (χ3n) is 3.87. The van der Waals surface area contributed by atoms with Crippen molar-refractivity contribution in [3.8, 4) is 0 Å². The summed E-state index contributed by atoms with van der Waals surface area (Å²) in [5.41, 5.74) is 5.66. The van der Waals surface area contributed by atoms with Crippen molar-refractivity contribution in [2.75, 3.05) is 26.2 Å². The van der Waals surface area contributed by atoms with Crippen LogP contribution in [0.1, 0.15) is 46.0 Å². The van der Waals surface area contributed by atoms with Crippen molar-refractivity contribution >= 4 is 11.8 Å². The molecule has 1 rings (SSSR count). The predicted molar refractivity (Wildman–Crippen MR) is 75.6 cm³/mol. The maximum absolute atomic E-state index is 12.1. The first-order valence-corrected chi connectivity index (χ1v) is 7.41. The molecule has 0 saturated carbocycles. The van der Waals surface area contributed by atoms with Gasteiger partial charge in [0.1, 0.15) is 0 Å². The van der Waals surface area contributed by atoms with Gasteiger partial charge in [-0.15, -0.1) is 0 Å². The molecular weight excluding hydrogens is 242 g/mol. The minimum atomic E-state index is 0.148. The summed E-state index contributed by atoms with van der Waals surface area (Å²) >= 11 is 0. The lowest BCUT2D eigenvalue weighted by Crippen LogP contribution is -2.40. The van der Waals surface area contributed by atoms with E-state index in [2.05, 4.69) is 0 Å². The van der Waals surface area contributed by atoms with Gasteiger partial charge in [0.25, 0.3) is 0 Å². The van der Waals surface area contributed by atoms with Gasteiger partial charge in [-0.1, -0.05) is 0 Å². The second-order valence-electron chi connectivity index (χ2n) is 5.04. The van der Waals surface area contributed by atoms with Crippen molar-refractivity contribution in [1.82, 2.24) is 9.80 Å².